The predicted molar refractivity (Wildman–Crippen MR) is 78.6 cm³/mol. The SMILES string of the molecule is CC(C)(C)C(Cl)CCc1cc2cccc(Cl)c2o1. The molecule has 0 N–H and O–H groups in total. The van der Waals surface area contributed by atoms with Crippen molar-refractivity contribution in [3.05, 3.63) is 35.0 Å². The summed E-state index contributed by atoms with van der Waals surface area (Å²) in [6.45, 7) is 6.46. The quantitative estimate of drug-likeness (QED) is 0.662. The van der Waals surface area contributed by atoms with E-state index in [-0.39, 0.29) is 10.8 Å². The second-order valence-electron chi connectivity index (χ2n) is 5.74. The zero-order valence-corrected chi connectivity index (χ0v) is 12.5. The molecule has 1 heterocycles. The maximum Gasteiger partial charge on any atom is 0.152 e. The zero-order valence-electron chi connectivity index (χ0n) is 11.0. The Bertz CT molecular complexity index is 537. The van der Waals surface area contributed by atoms with Crippen LogP contribution in [0, 0.1) is 5.41 Å². The van der Waals surface area contributed by atoms with E-state index in [1.807, 2.05) is 24.3 Å². The summed E-state index contributed by atoms with van der Waals surface area (Å²) in [7, 11) is 0. The first-order chi connectivity index (χ1) is 8.38. The summed E-state index contributed by atoms with van der Waals surface area (Å²) in [6.07, 6.45) is 1.75. The van der Waals surface area contributed by atoms with Gasteiger partial charge in [-0.25, -0.2) is 0 Å². The molecule has 18 heavy (non-hydrogen) atoms. The summed E-state index contributed by atoms with van der Waals surface area (Å²) in [5.74, 6) is 0.952. The standard InChI is InChI=1S/C15H18Cl2O/c1-15(2,3)13(17)8-7-11-9-10-5-4-6-12(16)14(10)18-11/h4-6,9,13H,7-8H2,1-3H3. The molecule has 0 aliphatic heterocycles. The van der Waals surface area contributed by atoms with E-state index in [1.54, 1.807) is 0 Å². The number of para-hydroxylation sites is 1. The molecule has 0 spiro atoms. The Hall–Kier alpha value is -0.660. The fourth-order valence-corrected chi connectivity index (χ4v) is 2.24. The molecule has 0 fully saturated rings. The van der Waals surface area contributed by atoms with Crippen LogP contribution in [0.4, 0.5) is 0 Å². The predicted octanol–water partition coefficient (Wildman–Crippen LogP) is 5.67. The van der Waals surface area contributed by atoms with Crippen LogP contribution in [-0.4, -0.2) is 5.38 Å². The Morgan fingerprint density at radius 1 is 1.28 bits per heavy atom. The van der Waals surface area contributed by atoms with Gasteiger partial charge in [-0.2, -0.15) is 0 Å². The topological polar surface area (TPSA) is 13.1 Å². The van der Waals surface area contributed by atoms with Crippen LogP contribution in [-0.2, 0) is 6.42 Å². The van der Waals surface area contributed by atoms with Crippen LogP contribution < -0.4 is 0 Å². The molecule has 1 nitrogen and oxygen atoms in total. The van der Waals surface area contributed by atoms with Crippen LogP contribution in [0.25, 0.3) is 11.0 Å². The van der Waals surface area contributed by atoms with Gasteiger partial charge in [0.15, 0.2) is 5.58 Å². The van der Waals surface area contributed by atoms with Gasteiger partial charge in [-0.05, 0) is 24.0 Å². The van der Waals surface area contributed by atoms with E-state index in [0.717, 1.165) is 29.6 Å². The van der Waals surface area contributed by atoms with Crippen molar-refractivity contribution >= 4 is 34.2 Å². The molecular formula is C15H18Cl2O. The highest BCUT2D eigenvalue weighted by Crippen LogP contribution is 2.30. The van der Waals surface area contributed by atoms with E-state index >= 15 is 0 Å². The van der Waals surface area contributed by atoms with Gasteiger partial charge < -0.3 is 4.42 Å². The van der Waals surface area contributed by atoms with Crippen molar-refractivity contribution in [1.82, 2.24) is 0 Å². The number of halogens is 2. The smallest absolute Gasteiger partial charge is 0.152 e. The van der Waals surface area contributed by atoms with Crippen LogP contribution in [0.1, 0.15) is 33.0 Å². The molecule has 0 aliphatic carbocycles. The summed E-state index contributed by atoms with van der Waals surface area (Å²) >= 11 is 12.5. The largest absolute Gasteiger partial charge is 0.460 e. The first kappa shape index (κ1) is 13.8. The number of alkyl halides is 1. The van der Waals surface area contributed by atoms with Gasteiger partial charge in [0.1, 0.15) is 5.76 Å². The van der Waals surface area contributed by atoms with Gasteiger partial charge in [0.2, 0.25) is 0 Å². The summed E-state index contributed by atoms with van der Waals surface area (Å²) in [4.78, 5) is 0. The molecule has 0 radical (unpaired) electrons. The minimum Gasteiger partial charge on any atom is -0.460 e. The molecule has 1 unspecified atom stereocenters. The number of hydrogen-bond donors (Lipinski definition) is 0. The molecule has 0 amide bonds. The lowest BCUT2D eigenvalue weighted by atomic mass is 9.89. The highest BCUT2D eigenvalue weighted by Gasteiger charge is 2.22. The molecule has 1 aromatic carbocycles. The van der Waals surface area contributed by atoms with E-state index in [2.05, 4.69) is 20.8 Å². The lowest BCUT2D eigenvalue weighted by Gasteiger charge is -2.24. The van der Waals surface area contributed by atoms with Gasteiger partial charge in [-0.3, -0.25) is 0 Å². The van der Waals surface area contributed by atoms with Crippen molar-refractivity contribution in [1.29, 1.82) is 0 Å². The lowest BCUT2D eigenvalue weighted by molar-refractivity contribution is 0.367. The third-order valence-electron chi connectivity index (χ3n) is 3.13. The Balaban J connectivity index is 2.11. The van der Waals surface area contributed by atoms with Gasteiger partial charge in [0.25, 0.3) is 0 Å². The molecule has 0 bridgehead atoms. The second-order valence-corrected chi connectivity index (χ2v) is 6.68. The number of furan rings is 1. The molecule has 1 atom stereocenters. The van der Waals surface area contributed by atoms with E-state index in [0.29, 0.717) is 5.02 Å². The van der Waals surface area contributed by atoms with Gasteiger partial charge in [0.05, 0.1) is 5.02 Å². The Morgan fingerprint density at radius 2 is 2.00 bits per heavy atom. The molecule has 2 rings (SSSR count). The van der Waals surface area contributed by atoms with Crippen LogP contribution in [0.2, 0.25) is 5.02 Å². The maximum atomic E-state index is 6.37. The van der Waals surface area contributed by atoms with Gasteiger partial charge in [-0.1, -0.05) is 44.5 Å². The summed E-state index contributed by atoms with van der Waals surface area (Å²) in [5.41, 5.74) is 0.890. The molecule has 0 saturated heterocycles. The number of benzene rings is 1. The molecular weight excluding hydrogens is 267 g/mol. The minimum atomic E-state index is 0.116. The molecule has 1 aromatic heterocycles. The maximum absolute atomic E-state index is 6.37. The number of hydrogen-bond acceptors (Lipinski definition) is 1. The second kappa shape index (κ2) is 5.14. The van der Waals surface area contributed by atoms with Crippen LogP contribution in [0.15, 0.2) is 28.7 Å². The molecule has 0 aliphatic rings. The zero-order chi connectivity index (χ0) is 13.3. The van der Waals surface area contributed by atoms with E-state index < -0.39 is 0 Å². The Morgan fingerprint density at radius 3 is 2.61 bits per heavy atom. The summed E-state index contributed by atoms with van der Waals surface area (Å²) in [6, 6.07) is 7.84. The molecule has 2 aromatic rings. The average Bonchev–Trinajstić information content (AvgIpc) is 2.69. The van der Waals surface area contributed by atoms with Gasteiger partial charge in [0, 0.05) is 17.2 Å². The lowest BCUT2D eigenvalue weighted by Crippen LogP contribution is -2.21. The highest BCUT2D eigenvalue weighted by molar-refractivity contribution is 6.34. The molecule has 0 saturated carbocycles. The normalized spacial score (nSPS) is 14.1. The third-order valence-corrected chi connectivity index (χ3v) is 4.30. The summed E-state index contributed by atoms with van der Waals surface area (Å²) < 4.78 is 5.77. The Kier molecular flexibility index (Phi) is 3.93. The first-order valence-corrected chi connectivity index (χ1v) is 7.00. The van der Waals surface area contributed by atoms with Gasteiger partial charge >= 0.3 is 0 Å². The fourth-order valence-electron chi connectivity index (χ4n) is 1.91. The average molecular weight is 285 g/mol. The van der Waals surface area contributed by atoms with Crippen LogP contribution in [0.5, 0.6) is 0 Å². The highest BCUT2D eigenvalue weighted by atomic mass is 35.5. The number of rotatable bonds is 3. The molecule has 3 heteroatoms. The van der Waals surface area contributed by atoms with Gasteiger partial charge in [-0.15, -0.1) is 11.6 Å². The summed E-state index contributed by atoms with van der Waals surface area (Å²) in [5, 5.41) is 1.86. The van der Waals surface area contributed by atoms with E-state index in [9.17, 15) is 0 Å². The van der Waals surface area contributed by atoms with Crippen molar-refractivity contribution in [3.8, 4) is 0 Å². The van der Waals surface area contributed by atoms with E-state index in [4.69, 9.17) is 27.6 Å². The third kappa shape index (κ3) is 3.02. The first-order valence-electron chi connectivity index (χ1n) is 6.19. The fraction of sp³-hybridized carbons (Fsp3) is 0.467. The van der Waals surface area contributed by atoms with Crippen molar-refractivity contribution < 1.29 is 4.42 Å². The van der Waals surface area contributed by atoms with Crippen molar-refractivity contribution in [2.75, 3.05) is 0 Å². The Labute approximate surface area is 118 Å². The van der Waals surface area contributed by atoms with Crippen LogP contribution >= 0.6 is 23.2 Å². The van der Waals surface area contributed by atoms with Crippen molar-refractivity contribution in [3.63, 3.8) is 0 Å². The van der Waals surface area contributed by atoms with E-state index in [1.165, 1.54) is 0 Å². The minimum absolute atomic E-state index is 0.116. The number of fused-ring (bicyclic) bond motifs is 1. The number of aryl methyl sites for hydroxylation is 1. The monoisotopic (exact) mass is 284 g/mol. The van der Waals surface area contributed by atoms with Crippen molar-refractivity contribution in [2.45, 2.75) is 39.0 Å². The van der Waals surface area contributed by atoms with Crippen molar-refractivity contribution in [2.24, 2.45) is 5.41 Å². The van der Waals surface area contributed by atoms with Crippen LogP contribution in [0.3, 0.4) is 0 Å². The molecule has 98 valence electrons.